The Morgan fingerprint density at radius 2 is 1.92 bits per heavy atom. The molecule has 0 unspecified atom stereocenters. The van der Waals surface area contributed by atoms with Gasteiger partial charge in [-0.2, -0.15) is 0 Å². The summed E-state index contributed by atoms with van der Waals surface area (Å²) >= 11 is 0. The van der Waals surface area contributed by atoms with Crippen LogP contribution in [0.15, 0.2) is 28.1 Å². The van der Waals surface area contributed by atoms with Crippen molar-refractivity contribution in [3.05, 3.63) is 29.3 Å². The van der Waals surface area contributed by atoms with Crippen LogP contribution in [0.4, 0.5) is 0 Å². The maximum atomic E-state index is 11.7. The van der Waals surface area contributed by atoms with Gasteiger partial charge in [0.2, 0.25) is 0 Å². The molecule has 1 aliphatic carbocycles. The number of sulfone groups is 1. The summed E-state index contributed by atoms with van der Waals surface area (Å²) in [6.07, 6.45) is 6.41. The van der Waals surface area contributed by atoms with Crippen LogP contribution in [0, 0.1) is 12.3 Å². The van der Waals surface area contributed by atoms with Gasteiger partial charge < -0.3 is 10.6 Å². The zero-order valence-electron chi connectivity index (χ0n) is 15.9. The van der Waals surface area contributed by atoms with Crippen molar-refractivity contribution in [2.75, 3.05) is 19.3 Å². The lowest BCUT2D eigenvalue weighted by molar-refractivity contribution is 0.334. The minimum absolute atomic E-state index is 0.365. The minimum atomic E-state index is -3.18. The number of guanidine groups is 1. The van der Waals surface area contributed by atoms with E-state index in [1.54, 1.807) is 6.07 Å². The smallest absolute Gasteiger partial charge is 0.191 e. The van der Waals surface area contributed by atoms with Gasteiger partial charge in [0, 0.05) is 19.3 Å². The van der Waals surface area contributed by atoms with E-state index in [1.165, 1.54) is 31.9 Å². The van der Waals surface area contributed by atoms with Gasteiger partial charge in [-0.25, -0.2) is 13.4 Å². The van der Waals surface area contributed by atoms with Crippen LogP contribution in [0.3, 0.4) is 0 Å². The number of nitrogens with zero attached hydrogens (tertiary/aromatic N) is 1. The van der Waals surface area contributed by atoms with E-state index in [9.17, 15) is 8.42 Å². The third-order valence-electron chi connectivity index (χ3n) is 4.90. The van der Waals surface area contributed by atoms with Crippen LogP contribution < -0.4 is 10.6 Å². The summed E-state index contributed by atoms with van der Waals surface area (Å²) in [5.41, 5.74) is 2.14. The first kappa shape index (κ1) is 19.8. The lowest BCUT2D eigenvalue weighted by Gasteiger charge is -2.25. The molecule has 1 aromatic rings. The van der Waals surface area contributed by atoms with E-state index < -0.39 is 9.84 Å². The zero-order valence-corrected chi connectivity index (χ0v) is 16.7. The highest BCUT2D eigenvalue weighted by Crippen LogP contribution is 2.36. The van der Waals surface area contributed by atoms with Gasteiger partial charge in [0.05, 0.1) is 11.4 Å². The fourth-order valence-corrected chi connectivity index (χ4v) is 4.40. The van der Waals surface area contributed by atoms with Crippen LogP contribution in [0.1, 0.15) is 50.7 Å². The van der Waals surface area contributed by atoms with E-state index in [4.69, 9.17) is 0 Å². The first-order valence-electron chi connectivity index (χ1n) is 9.05. The Hall–Kier alpha value is -1.56. The molecule has 2 rings (SSSR count). The molecule has 1 aliphatic rings. The van der Waals surface area contributed by atoms with Crippen LogP contribution in [-0.4, -0.2) is 33.7 Å². The van der Waals surface area contributed by atoms with Crippen molar-refractivity contribution in [3.63, 3.8) is 0 Å². The molecule has 0 radical (unpaired) electrons. The molecule has 1 saturated carbocycles. The molecular weight excluding hydrogens is 334 g/mol. The Balaban J connectivity index is 2.04. The Morgan fingerprint density at radius 1 is 1.24 bits per heavy atom. The third kappa shape index (κ3) is 5.73. The average molecular weight is 366 g/mol. The van der Waals surface area contributed by atoms with E-state index in [2.05, 4.69) is 29.5 Å². The molecule has 0 spiro atoms. The standard InChI is InChI=1S/C19H31N3O2S/c1-5-20-18(22-14-19(3)10-6-7-11-19)21-13-16-8-9-17(15(2)12-16)25(4,23)24/h8-9,12H,5-7,10-11,13-14H2,1-4H3,(H2,20,21,22). The van der Waals surface area contributed by atoms with Gasteiger partial charge in [-0.15, -0.1) is 0 Å². The number of aliphatic imine (C=N–C) groups is 1. The van der Waals surface area contributed by atoms with Crippen molar-refractivity contribution in [1.82, 2.24) is 10.6 Å². The summed E-state index contributed by atoms with van der Waals surface area (Å²) < 4.78 is 23.4. The second-order valence-corrected chi connectivity index (χ2v) is 9.42. The molecular formula is C19H31N3O2S. The molecule has 1 fully saturated rings. The van der Waals surface area contributed by atoms with E-state index in [-0.39, 0.29) is 0 Å². The SMILES string of the molecule is CCNC(=NCc1ccc(S(C)(=O)=O)c(C)c1)NCC1(C)CCCC1. The van der Waals surface area contributed by atoms with Crippen LogP contribution in [0.2, 0.25) is 0 Å². The summed E-state index contributed by atoms with van der Waals surface area (Å²) in [4.78, 5) is 5.04. The minimum Gasteiger partial charge on any atom is -0.357 e. The number of benzene rings is 1. The molecule has 0 amide bonds. The molecule has 0 aromatic heterocycles. The maximum absolute atomic E-state index is 11.7. The van der Waals surface area contributed by atoms with Crippen molar-refractivity contribution >= 4 is 15.8 Å². The average Bonchev–Trinajstić information content (AvgIpc) is 2.96. The van der Waals surface area contributed by atoms with Gasteiger partial charge >= 0.3 is 0 Å². The number of rotatable bonds is 6. The molecule has 0 bridgehead atoms. The lowest BCUT2D eigenvalue weighted by atomic mass is 9.89. The molecule has 0 saturated heterocycles. The normalized spacial score (nSPS) is 17.5. The van der Waals surface area contributed by atoms with Crippen molar-refractivity contribution < 1.29 is 8.42 Å². The van der Waals surface area contributed by atoms with Gasteiger partial charge in [0.1, 0.15) is 0 Å². The van der Waals surface area contributed by atoms with Crippen LogP contribution >= 0.6 is 0 Å². The number of hydrogen-bond acceptors (Lipinski definition) is 3. The van der Waals surface area contributed by atoms with Gasteiger partial charge in [0.15, 0.2) is 15.8 Å². The number of hydrogen-bond donors (Lipinski definition) is 2. The lowest BCUT2D eigenvalue weighted by Crippen LogP contribution is -2.42. The number of aryl methyl sites for hydroxylation is 1. The second kappa shape index (κ2) is 8.21. The molecule has 0 atom stereocenters. The summed E-state index contributed by atoms with van der Waals surface area (Å²) in [5, 5.41) is 6.75. The van der Waals surface area contributed by atoms with Crippen molar-refractivity contribution in [3.8, 4) is 0 Å². The van der Waals surface area contributed by atoms with Crippen molar-refractivity contribution in [2.24, 2.45) is 10.4 Å². The van der Waals surface area contributed by atoms with Gasteiger partial charge in [0.25, 0.3) is 0 Å². The second-order valence-electron chi connectivity index (χ2n) is 7.44. The molecule has 1 aromatic carbocycles. The van der Waals surface area contributed by atoms with Crippen LogP contribution in [-0.2, 0) is 16.4 Å². The number of nitrogens with one attached hydrogen (secondary N) is 2. The zero-order chi connectivity index (χ0) is 18.5. The third-order valence-corrected chi connectivity index (χ3v) is 6.15. The highest BCUT2D eigenvalue weighted by atomic mass is 32.2. The molecule has 0 heterocycles. The first-order valence-corrected chi connectivity index (χ1v) is 10.9. The monoisotopic (exact) mass is 365 g/mol. The predicted molar refractivity (Wildman–Crippen MR) is 104 cm³/mol. The van der Waals surface area contributed by atoms with E-state index >= 15 is 0 Å². The fourth-order valence-electron chi connectivity index (χ4n) is 3.44. The Kier molecular flexibility index (Phi) is 6.49. The van der Waals surface area contributed by atoms with Crippen molar-refractivity contribution in [1.29, 1.82) is 0 Å². The Morgan fingerprint density at radius 3 is 2.48 bits per heavy atom. The van der Waals surface area contributed by atoms with Crippen LogP contribution in [0.5, 0.6) is 0 Å². The Bertz CT molecular complexity index is 720. The largest absolute Gasteiger partial charge is 0.357 e. The molecule has 6 heteroatoms. The molecule has 5 nitrogen and oxygen atoms in total. The summed E-state index contributed by atoms with van der Waals surface area (Å²) in [5.74, 6) is 0.820. The van der Waals surface area contributed by atoms with E-state index in [0.29, 0.717) is 16.9 Å². The topological polar surface area (TPSA) is 70.6 Å². The fraction of sp³-hybridized carbons (Fsp3) is 0.632. The highest BCUT2D eigenvalue weighted by Gasteiger charge is 2.28. The molecule has 0 aliphatic heterocycles. The maximum Gasteiger partial charge on any atom is 0.191 e. The summed E-state index contributed by atoms with van der Waals surface area (Å²) in [6.45, 7) is 8.49. The molecule has 2 N–H and O–H groups in total. The predicted octanol–water partition coefficient (Wildman–Crippen LogP) is 3.03. The van der Waals surface area contributed by atoms with E-state index in [1.807, 2.05) is 19.1 Å². The van der Waals surface area contributed by atoms with Crippen molar-refractivity contribution in [2.45, 2.75) is 57.9 Å². The first-order chi connectivity index (χ1) is 11.7. The highest BCUT2D eigenvalue weighted by molar-refractivity contribution is 7.90. The summed E-state index contributed by atoms with van der Waals surface area (Å²) in [6, 6.07) is 5.42. The summed E-state index contributed by atoms with van der Waals surface area (Å²) in [7, 11) is -3.18. The van der Waals surface area contributed by atoms with Gasteiger partial charge in [-0.3, -0.25) is 0 Å². The van der Waals surface area contributed by atoms with Gasteiger partial charge in [-0.1, -0.05) is 31.9 Å². The quantitative estimate of drug-likeness (QED) is 0.600. The van der Waals surface area contributed by atoms with Gasteiger partial charge in [-0.05, 0) is 49.3 Å². The molecule has 140 valence electrons. The Labute approximate surface area is 152 Å². The molecule has 25 heavy (non-hydrogen) atoms. The van der Waals surface area contributed by atoms with Crippen LogP contribution in [0.25, 0.3) is 0 Å². The van der Waals surface area contributed by atoms with E-state index in [0.717, 1.165) is 30.2 Å².